The molecular weight excluding hydrogens is 258 g/mol. The Hall–Kier alpha value is -1.06. The summed E-state index contributed by atoms with van der Waals surface area (Å²) in [6, 6.07) is 7.31. The maximum absolute atomic E-state index is 3.35. The molecule has 0 aliphatic carbocycles. The van der Waals surface area contributed by atoms with Crippen molar-refractivity contribution in [2.45, 2.75) is 33.7 Å². The molecule has 0 aromatic heterocycles. The minimum Gasteiger partial charge on any atom is -0.369 e. The van der Waals surface area contributed by atoms with Crippen LogP contribution >= 0.6 is 0 Å². The number of piperazine rings is 1. The first-order chi connectivity index (χ1) is 10.0. The van der Waals surface area contributed by atoms with E-state index in [1.807, 2.05) is 0 Å². The lowest BCUT2D eigenvalue weighted by Crippen LogP contribution is -2.54. The van der Waals surface area contributed by atoms with Gasteiger partial charge in [-0.2, -0.15) is 0 Å². The Bertz CT molecular complexity index is 448. The van der Waals surface area contributed by atoms with Gasteiger partial charge in [-0.15, -0.1) is 0 Å². The molecule has 0 spiro atoms. The average molecular weight is 289 g/mol. The number of hydrogen-bond donors (Lipinski definition) is 1. The minimum atomic E-state index is 0.649. The third-order valence-electron chi connectivity index (χ3n) is 4.88. The van der Waals surface area contributed by atoms with E-state index < -0.39 is 0 Å². The molecule has 1 aromatic rings. The summed E-state index contributed by atoms with van der Waals surface area (Å²) in [6.07, 6.45) is 0. The molecule has 118 valence electrons. The number of hydrogen-bond acceptors (Lipinski definition) is 3. The van der Waals surface area contributed by atoms with Crippen LogP contribution in [0, 0.1) is 19.8 Å². The standard InChI is InChI=1S/C18H31N3/c1-14(2)18(13-19-5)21-11-9-20(10-12-21)17-8-6-7-15(3)16(17)4/h6-8,14,18-19H,9-13H2,1-5H3. The summed E-state index contributed by atoms with van der Waals surface area (Å²) in [6.45, 7) is 14.8. The second kappa shape index (κ2) is 7.28. The maximum atomic E-state index is 3.35. The Morgan fingerprint density at radius 1 is 1.10 bits per heavy atom. The summed E-state index contributed by atoms with van der Waals surface area (Å²) in [5, 5.41) is 3.35. The lowest BCUT2D eigenvalue weighted by atomic mass is 10.0. The first-order valence-electron chi connectivity index (χ1n) is 8.24. The van der Waals surface area contributed by atoms with Crippen LogP contribution in [0.2, 0.25) is 0 Å². The monoisotopic (exact) mass is 289 g/mol. The van der Waals surface area contributed by atoms with E-state index in [0.717, 1.165) is 32.7 Å². The molecule has 0 bridgehead atoms. The lowest BCUT2D eigenvalue weighted by molar-refractivity contribution is 0.145. The quantitative estimate of drug-likeness (QED) is 0.899. The topological polar surface area (TPSA) is 18.5 Å². The second-order valence-electron chi connectivity index (χ2n) is 6.61. The van der Waals surface area contributed by atoms with E-state index in [9.17, 15) is 0 Å². The van der Waals surface area contributed by atoms with Crippen LogP contribution in [0.3, 0.4) is 0 Å². The molecule has 1 fully saturated rings. The van der Waals surface area contributed by atoms with Crippen molar-refractivity contribution in [1.82, 2.24) is 10.2 Å². The molecule has 1 aliphatic rings. The molecule has 3 nitrogen and oxygen atoms in total. The van der Waals surface area contributed by atoms with Gasteiger partial charge >= 0.3 is 0 Å². The highest BCUT2D eigenvalue weighted by atomic mass is 15.3. The Morgan fingerprint density at radius 3 is 2.33 bits per heavy atom. The highest BCUT2D eigenvalue weighted by Gasteiger charge is 2.26. The van der Waals surface area contributed by atoms with Crippen molar-refractivity contribution in [3.8, 4) is 0 Å². The van der Waals surface area contributed by atoms with Crippen LogP contribution in [-0.4, -0.2) is 50.7 Å². The van der Waals surface area contributed by atoms with Gasteiger partial charge in [-0.05, 0) is 44.0 Å². The minimum absolute atomic E-state index is 0.649. The maximum Gasteiger partial charge on any atom is 0.0399 e. The summed E-state index contributed by atoms with van der Waals surface area (Å²) in [7, 11) is 2.06. The Balaban J connectivity index is 2.01. The van der Waals surface area contributed by atoms with Crippen molar-refractivity contribution in [2.75, 3.05) is 44.7 Å². The van der Waals surface area contributed by atoms with Gasteiger partial charge in [0.2, 0.25) is 0 Å². The molecule has 21 heavy (non-hydrogen) atoms. The van der Waals surface area contributed by atoms with Crippen LogP contribution in [0.4, 0.5) is 5.69 Å². The van der Waals surface area contributed by atoms with Crippen molar-refractivity contribution in [3.63, 3.8) is 0 Å². The second-order valence-corrected chi connectivity index (χ2v) is 6.61. The molecule has 0 amide bonds. The van der Waals surface area contributed by atoms with Crippen molar-refractivity contribution < 1.29 is 0 Å². The summed E-state index contributed by atoms with van der Waals surface area (Å²) in [5.41, 5.74) is 4.25. The predicted molar refractivity (Wildman–Crippen MR) is 92.3 cm³/mol. The van der Waals surface area contributed by atoms with Gasteiger partial charge in [0.05, 0.1) is 0 Å². The van der Waals surface area contributed by atoms with Gasteiger partial charge in [0.25, 0.3) is 0 Å². The molecular formula is C18H31N3. The van der Waals surface area contributed by atoms with Crippen LogP contribution in [0.15, 0.2) is 18.2 Å². The molecule has 0 saturated carbocycles. The van der Waals surface area contributed by atoms with E-state index in [2.05, 4.69) is 68.1 Å². The van der Waals surface area contributed by atoms with Crippen molar-refractivity contribution >= 4 is 5.69 Å². The molecule has 1 aromatic carbocycles. The Morgan fingerprint density at radius 2 is 1.76 bits per heavy atom. The van der Waals surface area contributed by atoms with E-state index in [1.165, 1.54) is 16.8 Å². The molecule has 1 atom stereocenters. The summed E-state index contributed by atoms with van der Waals surface area (Å²) in [4.78, 5) is 5.21. The highest BCUT2D eigenvalue weighted by molar-refractivity contribution is 5.56. The van der Waals surface area contributed by atoms with Gasteiger partial charge in [-0.25, -0.2) is 0 Å². The zero-order chi connectivity index (χ0) is 15.4. The Labute approximate surface area is 130 Å². The van der Waals surface area contributed by atoms with Gasteiger partial charge in [-0.3, -0.25) is 4.90 Å². The van der Waals surface area contributed by atoms with E-state index >= 15 is 0 Å². The van der Waals surface area contributed by atoms with E-state index in [0.29, 0.717) is 12.0 Å². The first-order valence-corrected chi connectivity index (χ1v) is 8.24. The number of benzene rings is 1. The number of anilines is 1. The van der Waals surface area contributed by atoms with Crippen LogP contribution in [0.5, 0.6) is 0 Å². The van der Waals surface area contributed by atoms with Gasteiger partial charge in [-0.1, -0.05) is 26.0 Å². The van der Waals surface area contributed by atoms with E-state index in [-0.39, 0.29) is 0 Å². The van der Waals surface area contributed by atoms with Gasteiger partial charge in [0, 0.05) is 44.5 Å². The van der Waals surface area contributed by atoms with Crippen LogP contribution in [0.25, 0.3) is 0 Å². The summed E-state index contributed by atoms with van der Waals surface area (Å²) in [5.74, 6) is 0.699. The smallest absolute Gasteiger partial charge is 0.0399 e. The van der Waals surface area contributed by atoms with E-state index in [4.69, 9.17) is 0 Å². The average Bonchev–Trinajstić information content (AvgIpc) is 2.48. The molecule has 1 aliphatic heterocycles. The van der Waals surface area contributed by atoms with Crippen LogP contribution in [-0.2, 0) is 0 Å². The van der Waals surface area contributed by atoms with Crippen LogP contribution < -0.4 is 10.2 Å². The normalized spacial score (nSPS) is 18.3. The fourth-order valence-electron chi connectivity index (χ4n) is 3.37. The number of rotatable bonds is 5. The van der Waals surface area contributed by atoms with Crippen LogP contribution in [0.1, 0.15) is 25.0 Å². The Kier molecular flexibility index (Phi) is 5.65. The number of aryl methyl sites for hydroxylation is 1. The molecule has 3 heteroatoms. The predicted octanol–water partition coefficient (Wildman–Crippen LogP) is 2.67. The largest absolute Gasteiger partial charge is 0.369 e. The van der Waals surface area contributed by atoms with Crippen molar-refractivity contribution in [3.05, 3.63) is 29.3 Å². The number of likely N-dealkylation sites (N-methyl/N-ethyl adjacent to an activating group) is 1. The number of nitrogens with one attached hydrogen (secondary N) is 1. The van der Waals surface area contributed by atoms with Crippen molar-refractivity contribution in [1.29, 1.82) is 0 Å². The highest BCUT2D eigenvalue weighted by Crippen LogP contribution is 2.24. The first kappa shape index (κ1) is 16.3. The summed E-state index contributed by atoms with van der Waals surface area (Å²) < 4.78 is 0. The zero-order valence-corrected chi connectivity index (χ0v) is 14.3. The molecule has 0 radical (unpaired) electrons. The lowest BCUT2D eigenvalue weighted by Gasteiger charge is -2.42. The van der Waals surface area contributed by atoms with E-state index in [1.54, 1.807) is 0 Å². The third kappa shape index (κ3) is 3.78. The third-order valence-corrected chi connectivity index (χ3v) is 4.88. The molecule has 1 heterocycles. The molecule has 2 rings (SSSR count). The van der Waals surface area contributed by atoms with Crippen molar-refractivity contribution in [2.24, 2.45) is 5.92 Å². The molecule has 1 N–H and O–H groups in total. The number of nitrogens with zero attached hydrogens (tertiary/aromatic N) is 2. The van der Waals surface area contributed by atoms with Gasteiger partial charge < -0.3 is 10.2 Å². The SMILES string of the molecule is CNCC(C(C)C)N1CCN(c2cccc(C)c2C)CC1. The van der Waals surface area contributed by atoms with Gasteiger partial charge in [0.15, 0.2) is 0 Å². The summed E-state index contributed by atoms with van der Waals surface area (Å²) >= 11 is 0. The fourth-order valence-corrected chi connectivity index (χ4v) is 3.37. The molecule has 1 unspecified atom stereocenters. The molecule has 1 saturated heterocycles. The fraction of sp³-hybridized carbons (Fsp3) is 0.667. The van der Waals surface area contributed by atoms with Gasteiger partial charge in [0.1, 0.15) is 0 Å². The zero-order valence-electron chi connectivity index (χ0n) is 14.3.